The summed E-state index contributed by atoms with van der Waals surface area (Å²) in [4.78, 5) is 39.4. The Balaban J connectivity index is 1.51. The molecule has 0 aliphatic carbocycles. The van der Waals surface area contributed by atoms with Crippen LogP contribution in [0, 0.1) is 13.8 Å². The summed E-state index contributed by atoms with van der Waals surface area (Å²) in [7, 11) is 0. The Hall–Kier alpha value is -4.27. The molecule has 9 heteroatoms. The highest BCUT2D eigenvalue weighted by Gasteiger charge is 2.26. The van der Waals surface area contributed by atoms with Gasteiger partial charge >= 0.3 is 11.6 Å². The van der Waals surface area contributed by atoms with Gasteiger partial charge in [0.15, 0.2) is 6.10 Å². The number of fused-ring (bicyclic) bond motifs is 2. The number of benzene rings is 2. The highest BCUT2D eigenvalue weighted by atomic mass is 16.5. The summed E-state index contributed by atoms with van der Waals surface area (Å²) in [6.07, 6.45) is 0.651. The van der Waals surface area contributed by atoms with Crippen molar-refractivity contribution in [3.8, 4) is 11.5 Å². The number of amides is 1. The van der Waals surface area contributed by atoms with E-state index in [-0.39, 0.29) is 12.2 Å². The van der Waals surface area contributed by atoms with Crippen molar-refractivity contribution in [2.75, 3.05) is 0 Å². The Bertz CT molecular complexity index is 1470. The molecule has 4 N–H and O–H groups in total. The molecule has 176 valence electrons. The first-order valence-electron chi connectivity index (χ1n) is 10.7. The van der Waals surface area contributed by atoms with Gasteiger partial charge in [-0.15, -0.1) is 0 Å². The van der Waals surface area contributed by atoms with E-state index in [1.165, 1.54) is 25.1 Å². The fourth-order valence-corrected chi connectivity index (χ4v) is 3.92. The zero-order chi connectivity index (χ0) is 24.6. The van der Waals surface area contributed by atoms with Crippen molar-refractivity contribution in [2.24, 2.45) is 0 Å². The molecular weight excluding hydrogens is 440 g/mol. The lowest BCUT2D eigenvalue weighted by Crippen LogP contribution is -2.47. The van der Waals surface area contributed by atoms with Crippen LogP contribution in [0.3, 0.4) is 0 Å². The molecule has 0 saturated heterocycles. The summed E-state index contributed by atoms with van der Waals surface area (Å²) in [5.41, 5.74) is 2.61. The smallest absolute Gasteiger partial charge is 0.336 e. The largest absolute Gasteiger partial charge is 0.508 e. The van der Waals surface area contributed by atoms with Gasteiger partial charge in [-0.1, -0.05) is 0 Å². The molecule has 0 spiro atoms. The highest BCUT2D eigenvalue weighted by Crippen LogP contribution is 2.29. The lowest BCUT2D eigenvalue weighted by atomic mass is 10.0. The van der Waals surface area contributed by atoms with E-state index in [0.717, 1.165) is 16.5 Å². The molecular formula is C25H24N2O7. The Morgan fingerprint density at radius 1 is 1.15 bits per heavy atom. The Morgan fingerprint density at radius 2 is 1.91 bits per heavy atom. The van der Waals surface area contributed by atoms with E-state index in [9.17, 15) is 24.6 Å². The molecule has 0 fully saturated rings. The topological polar surface area (TPSA) is 142 Å². The third kappa shape index (κ3) is 4.45. The fourth-order valence-electron chi connectivity index (χ4n) is 3.92. The van der Waals surface area contributed by atoms with Gasteiger partial charge in [-0.3, -0.25) is 4.79 Å². The number of H-pyrrole nitrogens is 1. The van der Waals surface area contributed by atoms with Crippen molar-refractivity contribution in [3.63, 3.8) is 0 Å². The highest BCUT2D eigenvalue weighted by molar-refractivity contribution is 5.89. The molecule has 0 aliphatic heterocycles. The number of carbonyl (C=O) groups is 2. The molecule has 4 rings (SSSR count). The molecule has 0 saturated carbocycles. The first-order valence-corrected chi connectivity index (χ1v) is 10.7. The van der Waals surface area contributed by atoms with Crippen molar-refractivity contribution >= 4 is 33.7 Å². The maximum atomic E-state index is 12.8. The van der Waals surface area contributed by atoms with Gasteiger partial charge in [-0.05, 0) is 62.2 Å². The van der Waals surface area contributed by atoms with E-state index in [1.807, 2.05) is 0 Å². The number of carbonyl (C=O) groups excluding carboxylic acids is 1. The van der Waals surface area contributed by atoms with Crippen LogP contribution in [0.15, 0.2) is 51.8 Å². The molecule has 0 aliphatic rings. The normalized spacial score (nSPS) is 13.0. The van der Waals surface area contributed by atoms with Crippen LogP contribution >= 0.6 is 0 Å². The summed E-state index contributed by atoms with van der Waals surface area (Å²) in [5.74, 6) is -1.40. The second-order valence-electron chi connectivity index (χ2n) is 8.22. The predicted molar refractivity (Wildman–Crippen MR) is 125 cm³/mol. The van der Waals surface area contributed by atoms with Gasteiger partial charge in [0.05, 0.1) is 0 Å². The summed E-state index contributed by atoms with van der Waals surface area (Å²) < 4.78 is 11.1. The fraction of sp³-hybridized carbons (Fsp3) is 0.240. The first kappa shape index (κ1) is 22.9. The van der Waals surface area contributed by atoms with Crippen molar-refractivity contribution in [1.29, 1.82) is 0 Å². The van der Waals surface area contributed by atoms with E-state index in [1.54, 1.807) is 38.2 Å². The van der Waals surface area contributed by atoms with E-state index < -0.39 is 29.6 Å². The number of aromatic amines is 1. The average molecular weight is 464 g/mol. The van der Waals surface area contributed by atoms with Crippen molar-refractivity contribution in [1.82, 2.24) is 10.3 Å². The van der Waals surface area contributed by atoms with Crippen LogP contribution in [0.5, 0.6) is 11.5 Å². The summed E-state index contributed by atoms with van der Waals surface area (Å²) in [5, 5.41) is 23.4. The zero-order valence-corrected chi connectivity index (χ0v) is 18.8. The molecule has 2 aromatic carbocycles. The number of aromatic hydroxyl groups is 1. The monoisotopic (exact) mass is 464 g/mol. The number of phenols is 1. The van der Waals surface area contributed by atoms with E-state index in [0.29, 0.717) is 27.8 Å². The SMILES string of the molecule is Cc1cc(=O)oc2c(C)c(O[C@@H](C)C(=O)N[C@H](Cc3c[nH]c4ccc(O)cc34)C(=O)O)ccc12. The van der Waals surface area contributed by atoms with Crippen LogP contribution in [0.25, 0.3) is 21.9 Å². The van der Waals surface area contributed by atoms with Gasteiger partial charge < -0.3 is 29.7 Å². The number of rotatable bonds is 7. The Kier molecular flexibility index (Phi) is 6.02. The predicted octanol–water partition coefficient (Wildman–Crippen LogP) is 3.18. The maximum Gasteiger partial charge on any atom is 0.336 e. The lowest BCUT2D eigenvalue weighted by molar-refractivity contribution is -0.142. The Labute approximate surface area is 194 Å². The standard InChI is InChI=1S/C25H24N2O7/c1-12-8-22(29)34-23-13(2)21(7-5-17(12)23)33-14(3)24(30)27-20(25(31)32)9-15-11-26-19-6-4-16(28)10-18(15)19/h4-8,10-11,14,20,26,28H,9H2,1-3H3,(H,27,30)(H,31,32)/t14-,20+/m0/s1. The minimum Gasteiger partial charge on any atom is -0.508 e. The number of carboxylic acid groups (broad SMARTS) is 1. The zero-order valence-electron chi connectivity index (χ0n) is 18.8. The van der Waals surface area contributed by atoms with E-state index >= 15 is 0 Å². The van der Waals surface area contributed by atoms with E-state index in [4.69, 9.17) is 9.15 Å². The number of hydrogen-bond acceptors (Lipinski definition) is 6. The Morgan fingerprint density at radius 3 is 2.65 bits per heavy atom. The van der Waals surface area contributed by atoms with E-state index in [2.05, 4.69) is 10.3 Å². The second-order valence-corrected chi connectivity index (χ2v) is 8.22. The van der Waals surface area contributed by atoms with Gasteiger partial charge in [-0.25, -0.2) is 9.59 Å². The summed E-state index contributed by atoms with van der Waals surface area (Å²) in [6, 6.07) is 8.37. The van der Waals surface area contributed by atoms with Gasteiger partial charge in [0.1, 0.15) is 23.1 Å². The van der Waals surface area contributed by atoms with Gasteiger partial charge in [0.25, 0.3) is 5.91 Å². The molecule has 2 atom stereocenters. The average Bonchev–Trinajstić information content (AvgIpc) is 3.17. The van der Waals surface area contributed by atoms with Gasteiger partial charge in [0.2, 0.25) is 0 Å². The van der Waals surface area contributed by atoms with Crippen molar-refractivity contribution in [2.45, 2.75) is 39.3 Å². The van der Waals surface area contributed by atoms with Crippen LogP contribution in [0.4, 0.5) is 0 Å². The maximum absolute atomic E-state index is 12.8. The quantitative estimate of drug-likeness (QED) is 0.308. The molecule has 34 heavy (non-hydrogen) atoms. The van der Waals surface area contributed by atoms with Gasteiger partial charge in [0, 0.05) is 40.5 Å². The minimum atomic E-state index is -1.21. The lowest BCUT2D eigenvalue weighted by Gasteiger charge is -2.20. The minimum absolute atomic E-state index is 0.0106. The number of nitrogens with one attached hydrogen (secondary N) is 2. The number of phenolic OH excluding ortho intramolecular Hbond substituents is 1. The molecule has 2 heterocycles. The van der Waals surface area contributed by atoms with Gasteiger partial charge in [-0.2, -0.15) is 0 Å². The first-order chi connectivity index (χ1) is 16.1. The van der Waals surface area contributed by atoms with Crippen LogP contribution in [0.1, 0.15) is 23.6 Å². The molecule has 0 radical (unpaired) electrons. The number of hydrogen-bond donors (Lipinski definition) is 4. The molecule has 0 bridgehead atoms. The van der Waals surface area contributed by atoms with Crippen molar-refractivity contribution in [3.05, 3.63) is 69.7 Å². The van der Waals surface area contributed by atoms with Crippen LogP contribution < -0.4 is 15.7 Å². The number of aryl methyl sites for hydroxylation is 2. The molecule has 9 nitrogen and oxygen atoms in total. The molecule has 4 aromatic rings. The van der Waals surface area contributed by atoms with Crippen molar-refractivity contribution < 1.29 is 29.0 Å². The third-order valence-corrected chi connectivity index (χ3v) is 5.78. The summed E-state index contributed by atoms with van der Waals surface area (Å²) >= 11 is 0. The number of aromatic nitrogens is 1. The number of carboxylic acids is 1. The van der Waals surface area contributed by atoms with Crippen LogP contribution in [0.2, 0.25) is 0 Å². The summed E-state index contributed by atoms with van der Waals surface area (Å²) in [6.45, 7) is 5.03. The molecule has 0 unspecified atom stereocenters. The third-order valence-electron chi connectivity index (χ3n) is 5.78. The van der Waals surface area contributed by atoms with Crippen LogP contribution in [-0.2, 0) is 16.0 Å². The second kappa shape index (κ2) is 8.93. The molecule has 1 amide bonds. The molecule has 2 aromatic heterocycles. The number of aliphatic carboxylic acids is 1. The number of ether oxygens (including phenoxy) is 1. The van der Waals surface area contributed by atoms with Crippen LogP contribution in [-0.4, -0.2) is 39.2 Å².